The van der Waals surface area contributed by atoms with Crippen molar-refractivity contribution in [3.63, 3.8) is 0 Å². The molecule has 3 heterocycles. The molecular formula is C21H26N6O. The molecule has 1 fully saturated rings. The predicted octanol–water partition coefficient (Wildman–Crippen LogP) is 1.91. The van der Waals surface area contributed by atoms with Crippen molar-refractivity contribution < 1.29 is 4.79 Å². The molecule has 1 aliphatic heterocycles. The number of nitrogens with zero attached hydrogens (tertiary/aromatic N) is 4. The Morgan fingerprint density at radius 3 is 2.82 bits per heavy atom. The van der Waals surface area contributed by atoms with Crippen LogP contribution in [-0.4, -0.2) is 38.6 Å². The third-order valence-electron chi connectivity index (χ3n) is 5.24. The van der Waals surface area contributed by atoms with Crippen LogP contribution in [0.3, 0.4) is 0 Å². The maximum atomic E-state index is 12.5. The molecule has 0 aliphatic carbocycles. The highest BCUT2D eigenvalue weighted by Crippen LogP contribution is 2.22. The molecule has 0 radical (unpaired) electrons. The van der Waals surface area contributed by atoms with Crippen LogP contribution in [0.1, 0.15) is 35.6 Å². The molecule has 1 unspecified atom stereocenters. The zero-order valence-corrected chi connectivity index (χ0v) is 15.9. The van der Waals surface area contributed by atoms with Crippen LogP contribution in [0.15, 0.2) is 55.0 Å². The van der Waals surface area contributed by atoms with Crippen molar-refractivity contribution >= 4 is 5.91 Å². The first-order chi connectivity index (χ1) is 13.8. The second-order valence-electron chi connectivity index (χ2n) is 7.21. The molecule has 3 aromatic rings. The predicted molar refractivity (Wildman–Crippen MR) is 107 cm³/mol. The average molecular weight is 378 g/mol. The molecule has 1 atom stereocenters. The third kappa shape index (κ3) is 4.48. The number of nitrogens with one attached hydrogen (secondary N) is 2. The molecule has 1 aliphatic rings. The van der Waals surface area contributed by atoms with Gasteiger partial charge in [-0.05, 0) is 42.6 Å². The van der Waals surface area contributed by atoms with Gasteiger partial charge in [-0.3, -0.25) is 14.2 Å². The minimum atomic E-state index is -0.0254. The molecule has 2 aromatic heterocycles. The fourth-order valence-electron chi connectivity index (χ4n) is 3.76. The summed E-state index contributed by atoms with van der Waals surface area (Å²) in [6.45, 7) is 3.46. The first kappa shape index (κ1) is 18.4. The summed E-state index contributed by atoms with van der Waals surface area (Å²) < 4.78 is 3.72. The van der Waals surface area contributed by atoms with Crippen LogP contribution in [0.25, 0.3) is 0 Å². The fourth-order valence-corrected chi connectivity index (χ4v) is 3.76. The summed E-state index contributed by atoms with van der Waals surface area (Å²) in [7, 11) is 0. The Morgan fingerprint density at radius 1 is 1.14 bits per heavy atom. The van der Waals surface area contributed by atoms with Gasteiger partial charge in [-0.25, -0.2) is 0 Å². The van der Waals surface area contributed by atoms with Gasteiger partial charge in [0, 0.05) is 43.3 Å². The topological polar surface area (TPSA) is 76.8 Å². The molecule has 146 valence electrons. The number of carbonyl (C=O) groups excluding carboxylic acids is 1. The summed E-state index contributed by atoms with van der Waals surface area (Å²) >= 11 is 0. The molecule has 0 saturated carbocycles. The zero-order valence-electron chi connectivity index (χ0n) is 15.9. The maximum Gasteiger partial charge on any atom is 0.242 e. The zero-order chi connectivity index (χ0) is 19.2. The summed E-state index contributed by atoms with van der Waals surface area (Å²) in [6.07, 6.45) is 7.80. The lowest BCUT2D eigenvalue weighted by Crippen LogP contribution is -2.32. The van der Waals surface area contributed by atoms with Crippen LogP contribution in [0.2, 0.25) is 0 Å². The summed E-state index contributed by atoms with van der Waals surface area (Å²) in [6, 6.07) is 12.1. The molecule has 7 heteroatoms. The van der Waals surface area contributed by atoms with E-state index in [9.17, 15) is 4.79 Å². The molecule has 2 N–H and O–H groups in total. The highest BCUT2D eigenvalue weighted by Gasteiger charge is 2.19. The van der Waals surface area contributed by atoms with Crippen molar-refractivity contribution in [2.75, 3.05) is 13.1 Å². The Bertz CT molecular complexity index is 895. The lowest BCUT2D eigenvalue weighted by atomic mass is 9.96. The van der Waals surface area contributed by atoms with Crippen molar-refractivity contribution in [1.82, 2.24) is 30.2 Å². The average Bonchev–Trinajstić information content (AvgIpc) is 3.40. The van der Waals surface area contributed by atoms with Crippen LogP contribution < -0.4 is 10.6 Å². The van der Waals surface area contributed by atoms with Crippen molar-refractivity contribution in [1.29, 1.82) is 0 Å². The minimum Gasteiger partial charge on any atom is -0.350 e. The van der Waals surface area contributed by atoms with E-state index in [0.717, 1.165) is 42.8 Å². The van der Waals surface area contributed by atoms with Crippen molar-refractivity contribution in [3.8, 4) is 0 Å². The van der Waals surface area contributed by atoms with E-state index < -0.39 is 0 Å². The summed E-state index contributed by atoms with van der Waals surface area (Å²) in [5.74, 6) is 0.404. The molecule has 1 amide bonds. The van der Waals surface area contributed by atoms with Crippen LogP contribution >= 0.6 is 0 Å². The maximum absolute atomic E-state index is 12.5. The Labute approximate surface area is 164 Å². The van der Waals surface area contributed by atoms with E-state index in [-0.39, 0.29) is 12.5 Å². The van der Waals surface area contributed by atoms with Gasteiger partial charge >= 0.3 is 0 Å². The van der Waals surface area contributed by atoms with Gasteiger partial charge in [-0.15, -0.1) is 0 Å². The van der Waals surface area contributed by atoms with E-state index in [4.69, 9.17) is 0 Å². The van der Waals surface area contributed by atoms with Gasteiger partial charge in [0.1, 0.15) is 6.54 Å². The molecule has 7 nitrogen and oxygen atoms in total. The number of piperidine rings is 1. The highest BCUT2D eigenvalue weighted by atomic mass is 16.2. The quantitative estimate of drug-likeness (QED) is 0.658. The van der Waals surface area contributed by atoms with Crippen molar-refractivity contribution in [3.05, 3.63) is 71.8 Å². The Morgan fingerprint density at radius 2 is 2.04 bits per heavy atom. The Hall–Kier alpha value is -2.93. The molecule has 1 saturated heterocycles. The van der Waals surface area contributed by atoms with Gasteiger partial charge in [-0.2, -0.15) is 10.2 Å². The Balaban J connectivity index is 1.36. The smallest absolute Gasteiger partial charge is 0.242 e. The fraction of sp³-hybridized carbons (Fsp3) is 0.381. The second-order valence-corrected chi connectivity index (χ2v) is 7.21. The van der Waals surface area contributed by atoms with E-state index in [1.54, 1.807) is 12.4 Å². The van der Waals surface area contributed by atoms with E-state index in [0.29, 0.717) is 19.0 Å². The molecule has 0 spiro atoms. The molecule has 4 rings (SSSR count). The number of hydrogen-bond acceptors (Lipinski definition) is 4. The number of amides is 1. The van der Waals surface area contributed by atoms with E-state index >= 15 is 0 Å². The van der Waals surface area contributed by atoms with Gasteiger partial charge < -0.3 is 10.6 Å². The second kappa shape index (κ2) is 8.84. The monoisotopic (exact) mass is 378 g/mol. The lowest BCUT2D eigenvalue weighted by molar-refractivity contribution is -0.122. The summed E-state index contributed by atoms with van der Waals surface area (Å²) in [5.41, 5.74) is 3.39. The number of rotatable bonds is 7. The van der Waals surface area contributed by atoms with Crippen LogP contribution in [-0.2, 0) is 24.4 Å². The van der Waals surface area contributed by atoms with Gasteiger partial charge in [0.25, 0.3) is 0 Å². The lowest BCUT2D eigenvalue weighted by Gasteiger charge is -2.23. The van der Waals surface area contributed by atoms with Crippen LogP contribution in [0.5, 0.6) is 0 Å². The molecule has 1 aromatic carbocycles. The standard InChI is InChI=1S/C21H26N6O/c28-21(16-27-20(8-11-25-27)18-7-3-9-22-13-18)23-14-17-5-1-2-6-19(17)15-26-12-4-10-24-26/h1-2,4-6,8,10-12,18,22H,3,7,9,13-16H2,(H,23,28). The number of aromatic nitrogens is 4. The molecular weight excluding hydrogens is 352 g/mol. The summed E-state index contributed by atoms with van der Waals surface area (Å²) in [5, 5.41) is 15.1. The van der Waals surface area contributed by atoms with Gasteiger partial charge in [0.2, 0.25) is 5.91 Å². The van der Waals surface area contributed by atoms with Crippen molar-refractivity contribution in [2.45, 2.75) is 38.4 Å². The van der Waals surface area contributed by atoms with Gasteiger partial charge in [0.15, 0.2) is 0 Å². The first-order valence-corrected chi connectivity index (χ1v) is 9.83. The SMILES string of the molecule is O=C(Cn1nccc1C1CCCNC1)NCc1ccccc1Cn1cccn1. The van der Waals surface area contributed by atoms with Crippen LogP contribution in [0.4, 0.5) is 0 Å². The van der Waals surface area contributed by atoms with Crippen LogP contribution in [0, 0.1) is 0 Å². The first-order valence-electron chi connectivity index (χ1n) is 9.83. The Kier molecular flexibility index (Phi) is 5.82. The van der Waals surface area contributed by atoms with E-state index in [2.05, 4.69) is 26.9 Å². The molecule has 28 heavy (non-hydrogen) atoms. The largest absolute Gasteiger partial charge is 0.350 e. The number of hydrogen-bond donors (Lipinski definition) is 2. The van der Waals surface area contributed by atoms with Crippen molar-refractivity contribution in [2.24, 2.45) is 0 Å². The third-order valence-corrected chi connectivity index (χ3v) is 5.24. The van der Waals surface area contributed by atoms with E-state index in [1.165, 1.54) is 0 Å². The van der Waals surface area contributed by atoms with E-state index in [1.807, 2.05) is 45.9 Å². The molecule has 0 bridgehead atoms. The normalized spacial score (nSPS) is 16.8. The highest BCUT2D eigenvalue weighted by molar-refractivity contribution is 5.75. The van der Waals surface area contributed by atoms with Gasteiger partial charge in [-0.1, -0.05) is 24.3 Å². The number of benzene rings is 1. The number of carbonyl (C=O) groups is 1. The summed E-state index contributed by atoms with van der Waals surface area (Å²) in [4.78, 5) is 12.5. The minimum absolute atomic E-state index is 0.0254. The van der Waals surface area contributed by atoms with Gasteiger partial charge in [0.05, 0.1) is 6.54 Å².